The lowest BCUT2D eigenvalue weighted by molar-refractivity contribution is 0.0279. The Bertz CT molecular complexity index is 1440. The summed E-state index contributed by atoms with van der Waals surface area (Å²) in [6, 6.07) is 37.3. The molecule has 0 bridgehead atoms. The Labute approximate surface area is 262 Å². The zero-order chi connectivity index (χ0) is 31.4. The molecular formula is C38H44O5Si. The van der Waals surface area contributed by atoms with Crippen molar-refractivity contribution in [1.29, 1.82) is 0 Å². The number of benzene rings is 4. The van der Waals surface area contributed by atoms with Gasteiger partial charge in [-0.25, -0.2) is 0 Å². The van der Waals surface area contributed by atoms with Crippen molar-refractivity contribution in [3.63, 3.8) is 0 Å². The maximum Gasteiger partial charge on any atom is 0.261 e. The molecule has 6 heteroatoms. The van der Waals surface area contributed by atoms with Gasteiger partial charge in [-0.15, -0.1) is 5.73 Å². The molecule has 0 aliphatic rings. The van der Waals surface area contributed by atoms with Crippen molar-refractivity contribution in [2.75, 3.05) is 13.2 Å². The minimum atomic E-state index is -2.81. The molecule has 0 amide bonds. The lowest BCUT2D eigenvalue weighted by Gasteiger charge is -2.43. The molecule has 0 aliphatic heterocycles. The van der Waals surface area contributed by atoms with E-state index in [-0.39, 0.29) is 24.0 Å². The van der Waals surface area contributed by atoms with E-state index in [2.05, 4.69) is 75.0 Å². The standard InChI is InChI=1S/C38H44O5Si/c1-38(2,3)44(35-17-9-5-10-18-35,36-19-11-6-12-20-36)43-28-31(16-13-21-37(41)32-22-24-33(39)25-23-32)26-34(40)29-42-27-30-14-7-4-8-15-30/h4-15,17-20,22-25,34,37,39-41H,21,26-29H2,1-3H3/t16?,34-,37-/m1/s1. The van der Waals surface area contributed by atoms with Gasteiger partial charge in [0.05, 0.1) is 32.0 Å². The van der Waals surface area contributed by atoms with Crippen LogP contribution in [0.2, 0.25) is 5.04 Å². The number of hydrogen-bond donors (Lipinski definition) is 3. The summed E-state index contributed by atoms with van der Waals surface area (Å²) in [5.41, 5.74) is 5.92. The number of aliphatic hydroxyl groups excluding tert-OH is 2. The van der Waals surface area contributed by atoms with Gasteiger partial charge in [-0.2, -0.15) is 0 Å². The van der Waals surface area contributed by atoms with Crippen LogP contribution in [0.1, 0.15) is 50.8 Å². The number of phenolic OH excluding ortho intramolecular Hbond substituents is 1. The van der Waals surface area contributed by atoms with E-state index in [0.717, 1.165) is 11.1 Å². The first-order chi connectivity index (χ1) is 21.2. The van der Waals surface area contributed by atoms with Crippen molar-refractivity contribution >= 4 is 18.7 Å². The average molecular weight is 609 g/mol. The fourth-order valence-corrected chi connectivity index (χ4v) is 10.0. The molecule has 4 aromatic carbocycles. The molecule has 0 fully saturated rings. The summed E-state index contributed by atoms with van der Waals surface area (Å²) in [6.45, 7) is 7.57. The van der Waals surface area contributed by atoms with Gasteiger partial charge in [0.25, 0.3) is 8.32 Å². The molecule has 0 aliphatic carbocycles. The zero-order valence-corrected chi connectivity index (χ0v) is 26.9. The number of aliphatic hydroxyl groups is 2. The molecule has 0 aromatic heterocycles. The Hall–Kier alpha value is -3.74. The minimum Gasteiger partial charge on any atom is -0.508 e. The van der Waals surface area contributed by atoms with Crippen molar-refractivity contribution < 1.29 is 24.5 Å². The maximum absolute atomic E-state index is 11.0. The van der Waals surface area contributed by atoms with Crippen LogP contribution >= 0.6 is 0 Å². The third kappa shape index (κ3) is 8.90. The van der Waals surface area contributed by atoms with Crippen LogP contribution in [0.25, 0.3) is 0 Å². The van der Waals surface area contributed by atoms with Crippen LogP contribution in [0.4, 0.5) is 0 Å². The minimum absolute atomic E-state index is 0.155. The fourth-order valence-electron chi connectivity index (χ4n) is 5.49. The SMILES string of the molecule is CC(C)(C)[Si](OCC(=C=CC[C@@H](O)c1ccc(O)cc1)C[C@@H](O)COCc1ccccc1)(c1ccccc1)c1ccccc1. The van der Waals surface area contributed by atoms with Crippen LogP contribution in [-0.2, 0) is 15.8 Å². The predicted octanol–water partition coefficient (Wildman–Crippen LogP) is 6.44. The van der Waals surface area contributed by atoms with E-state index >= 15 is 0 Å². The first kappa shape index (κ1) is 33.2. The molecule has 0 radical (unpaired) electrons. The number of hydrogen-bond acceptors (Lipinski definition) is 5. The number of ether oxygens (including phenoxy) is 1. The number of aromatic hydroxyl groups is 1. The molecule has 0 saturated carbocycles. The Morgan fingerprint density at radius 1 is 0.795 bits per heavy atom. The fraction of sp³-hybridized carbons (Fsp3) is 0.289. The molecule has 230 valence electrons. The second-order valence-electron chi connectivity index (χ2n) is 12.1. The van der Waals surface area contributed by atoms with Crippen LogP contribution in [-0.4, -0.2) is 43.0 Å². The van der Waals surface area contributed by atoms with E-state index in [0.29, 0.717) is 25.0 Å². The van der Waals surface area contributed by atoms with Crippen molar-refractivity contribution in [1.82, 2.24) is 0 Å². The van der Waals surface area contributed by atoms with E-state index in [1.54, 1.807) is 30.3 Å². The van der Waals surface area contributed by atoms with Gasteiger partial charge in [0.2, 0.25) is 0 Å². The highest BCUT2D eigenvalue weighted by Crippen LogP contribution is 2.37. The lowest BCUT2D eigenvalue weighted by Crippen LogP contribution is -2.66. The van der Waals surface area contributed by atoms with Crippen molar-refractivity contribution in [3.05, 3.63) is 144 Å². The van der Waals surface area contributed by atoms with E-state index in [4.69, 9.17) is 9.16 Å². The Kier molecular flexibility index (Phi) is 11.9. The average Bonchev–Trinajstić information content (AvgIpc) is 3.02. The third-order valence-corrected chi connectivity index (χ3v) is 12.7. The first-order valence-corrected chi connectivity index (χ1v) is 17.0. The maximum atomic E-state index is 11.0. The van der Waals surface area contributed by atoms with Crippen LogP contribution in [0.15, 0.2) is 133 Å². The van der Waals surface area contributed by atoms with Crippen LogP contribution < -0.4 is 10.4 Å². The molecule has 4 rings (SSSR count). The summed E-state index contributed by atoms with van der Waals surface area (Å²) in [5, 5.41) is 33.5. The molecule has 0 saturated heterocycles. The van der Waals surface area contributed by atoms with Gasteiger partial charge in [-0.1, -0.05) is 124 Å². The largest absolute Gasteiger partial charge is 0.508 e. The molecule has 4 aromatic rings. The Morgan fingerprint density at radius 3 is 1.89 bits per heavy atom. The number of phenols is 1. The van der Waals surface area contributed by atoms with E-state index in [1.807, 2.05) is 42.5 Å². The van der Waals surface area contributed by atoms with Crippen molar-refractivity contribution in [2.45, 2.75) is 57.5 Å². The number of rotatable bonds is 14. The third-order valence-electron chi connectivity index (χ3n) is 7.71. The van der Waals surface area contributed by atoms with E-state index in [9.17, 15) is 15.3 Å². The van der Waals surface area contributed by atoms with Gasteiger partial charge in [0.15, 0.2) is 0 Å². The Balaban J connectivity index is 1.60. The van der Waals surface area contributed by atoms with Crippen LogP contribution in [0.5, 0.6) is 5.75 Å². The van der Waals surface area contributed by atoms with Gasteiger partial charge < -0.3 is 24.5 Å². The van der Waals surface area contributed by atoms with E-state index < -0.39 is 20.5 Å². The lowest BCUT2D eigenvalue weighted by atomic mass is 10.1. The monoisotopic (exact) mass is 608 g/mol. The second-order valence-corrected chi connectivity index (χ2v) is 16.4. The molecule has 44 heavy (non-hydrogen) atoms. The van der Waals surface area contributed by atoms with E-state index in [1.165, 1.54) is 10.4 Å². The summed E-state index contributed by atoms with van der Waals surface area (Å²) in [6.07, 6.45) is 0.951. The van der Waals surface area contributed by atoms with Gasteiger partial charge >= 0.3 is 0 Å². The molecule has 0 heterocycles. The summed E-state index contributed by atoms with van der Waals surface area (Å²) in [5.74, 6) is 0.155. The van der Waals surface area contributed by atoms with Crippen LogP contribution in [0, 0.1) is 0 Å². The topological polar surface area (TPSA) is 79.2 Å². The molecule has 0 unspecified atom stereocenters. The second kappa shape index (κ2) is 15.8. The first-order valence-electron chi connectivity index (χ1n) is 15.1. The predicted molar refractivity (Wildman–Crippen MR) is 180 cm³/mol. The quantitative estimate of drug-likeness (QED) is 0.113. The summed E-state index contributed by atoms with van der Waals surface area (Å²) in [7, 11) is -2.81. The smallest absolute Gasteiger partial charge is 0.261 e. The highest BCUT2D eigenvalue weighted by atomic mass is 28.4. The van der Waals surface area contributed by atoms with Crippen molar-refractivity contribution in [2.24, 2.45) is 0 Å². The highest BCUT2D eigenvalue weighted by Gasteiger charge is 2.50. The van der Waals surface area contributed by atoms with Crippen LogP contribution in [0.3, 0.4) is 0 Å². The summed E-state index contributed by atoms with van der Waals surface area (Å²) >= 11 is 0. The summed E-state index contributed by atoms with van der Waals surface area (Å²) in [4.78, 5) is 0. The van der Waals surface area contributed by atoms with Gasteiger partial charge in [-0.05, 0) is 50.3 Å². The molecular weight excluding hydrogens is 564 g/mol. The normalized spacial score (nSPS) is 13.1. The van der Waals surface area contributed by atoms with Crippen molar-refractivity contribution in [3.8, 4) is 5.75 Å². The zero-order valence-electron chi connectivity index (χ0n) is 25.9. The van der Waals surface area contributed by atoms with Gasteiger partial charge in [-0.3, -0.25) is 0 Å². The molecule has 5 nitrogen and oxygen atoms in total. The van der Waals surface area contributed by atoms with Gasteiger partial charge in [0.1, 0.15) is 5.75 Å². The Morgan fingerprint density at radius 2 is 1.34 bits per heavy atom. The molecule has 2 atom stereocenters. The molecule has 0 spiro atoms. The van der Waals surface area contributed by atoms with Gasteiger partial charge in [0, 0.05) is 12.8 Å². The summed E-state index contributed by atoms with van der Waals surface area (Å²) < 4.78 is 13.0. The molecule has 3 N–H and O–H groups in total. The highest BCUT2D eigenvalue weighted by molar-refractivity contribution is 6.99.